The van der Waals surface area contributed by atoms with E-state index in [1.807, 2.05) is 6.92 Å². The highest BCUT2D eigenvalue weighted by molar-refractivity contribution is 5.87. The monoisotopic (exact) mass is 156 g/mol. The van der Waals surface area contributed by atoms with E-state index in [9.17, 15) is 4.79 Å². The van der Waals surface area contributed by atoms with Gasteiger partial charge >= 0.3 is 5.97 Å². The molecule has 3 heteroatoms. The summed E-state index contributed by atoms with van der Waals surface area (Å²) in [5.74, 6) is -0.0557. The number of ether oxygens (including phenoxy) is 2. The van der Waals surface area contributed by atoms with Gasteiger partial charge in [0.15, 0.2) is 0 Å². The van der Waals surface area contributed by atoms with Crippen molar-refractivity contribution in [1.82, 2.24) is 0 Å². The highest BCUT2D eigenvalue weighted by Gasteiger charge is 2.31. The van der Waals surface area contributed by atoms with Crippen molar-refractivity contribution >= 4 is 5.97 Å². The van der Waals surface area contributed by atoms with Crippen LogP contribution in [-0.2, 0) is 14.3 Å². The van der Waals surface area contributed by atoms with Crippen LogP contribution in [0.4, 0.5) is 0 Å². The number of carbonyl (C=O) groups excluding carboxylic acids is 1. The van der Waals surface area contributed by atoms with E-state index in [1.54, 1.807) is 6.92 Å². The quantitative estimate of drug-likeness (QED) is 0.443. The fourth-order valence-electron chi connectivity index (χ4n) is 0.724. The van der Waals surface area contributed by atoms with Crippen LogP contribution in [0.15, 0.2) is 12.2 Å². The van der Waals surface area contributed by atoms with Gasteiger partial charge in [-0.15, -0.1) is 0 Å². The Morgan fingerprint density at radius 1 is 1.73 bits per heavy atom. The molecule has 0 aliphatic carbocycles. The van der Waals surface area contributed by atoms with E-state index in [1.165, 1.54) is 0 Å². The van der Waals surface area contributed by atoms with Gasteiger partial charge in [-0.3, -0.25) is 0 Å². The maximum absolute atomic E-state index is 10.9. The summed E-state index contributed by atoms with van der Waals surface area (Å²) >= 11 is 0. The Balaban J connectivity index is 2.31. The highest BCUT2D eigenvalue weighted by atomic mass is 16.7. The number of hydrogen-bond acceptors (Lipinski definition) is 3. The van der Waals surface area contributed by atoms with Gasteiger partial charge < -0.3 is 9.47 Å². The molecule has 0 aromatic carbocycles. The Kier molecular flexibility index (Phi) is 2.29. The number of esters is 1. The summed E-state index contributed by atoms with van der Waals surface area (Å²) in [5, 5.41) is 0. The third kappa shape index (κ3) is 1.80. The van der Waals surface area contributed by atoms with E-state index >= 15 is 0 Å². The van der Waals surface area contributed by atoms with Crippen LogP contribution in [0.5, 0.6) is 0 Å². The largest absolute Gasteiger partial charge is 0.432 e. The normalized spacial score (nSPS) is 28.9. The van der Waals surface area contributed by atoms with Crippen LogP contribution in [0, 0.1) is 5.92 Å². The summed E-state index contributed by atoms with van der Waals surface area (Å²) in [7, 11) is 0. The molecule has 2 atom stereocenters. The molecular weight excluding hydrogens is 144 g/mol. The van der Waals surface area contributed by atoms with Crippen LogP contribution in [0.3, 0.4) is 0 Å². The molecule has 1 aliphatic rings. The second-order valence-corrected chi connectivity index (χ2v) is 2.86. The molecule has 0 amide bonds. The van der Waals surface area contributed by atoms with Crippen molar-refractivity contribution in [2.45, 2.75) is 20.1 Å². The predicted molar refractivity (Wildman–Crippen MR) is 39.8 cm³/mol. The lowest BCUT2D eigenvalue weighted by Gasteiger charge is -2.32. The topological polar surface area (TPSA) is 35.5 Å². The number of hydrogen-bond donors (Lipinski definition) is 0. The van der Waals surface area contributed by atoms with Gasteiger partial charge in [-0.2, -0.15) is 0 Å². The Morgan fingerprint density at radius 3 is 2.64 bits per heavy atom. The van der Waals surface area contributed by atoms with Crippen LogP contribution < -0.4 is 0 Å². The van der Waals surface area contributed by atoms with Crippen molar-refractivity contribution in [3.05, 3.63) is 12.2 Å². The van der Waals surface area contributed by atoms with Crippen LogP contribution in [-0.4, -0.2) is 18.9 Å². The first-order valence-corrected chi connectivity index (χ1v) is 3.59. The first kappa shape index (κ1) is 8.27. The van der Waals surface area contributed by atoms with Gasteiger partial charge in [0.2, 0.25) is 6.29 Å². The summed E-state index contributed by atoms with van der Waals surface area (Å²) in [6.45, 7) is 7.72. The smallest absolute Gasteiger partial charge is 0.335 e. The Bertz CT molecular complexity index is 186. The zero-order valence-corrected chi connectivity index (χ0v) is 6.79. The zero-order chi connectivity index (χ0) is 8.43. The lowest BCUT2D eigenvalue weighted by molar-refractivity contribution is -0.243. The molecule has 0 bridgehead atoms. The summed E-state index contributed by atoms with van der Waals surface area (Å²) in [6, 6.07) is 0. The van der Waals surface area contributed by atoms with Crippen LogP contribution >= 0.6 is 0 Å². The minimum Gasteiger partial charge on any atom is -0.432 e. The molecule has 1 rings (SSSR count). The lowest BCUT2D eigenvalue weighted by Crippen LogP contribution is -2.41. The summed E-state index contributed by atoms with van der Waals surface area (Å²) in [4.78, 5) is 10.9. The van der Waals surface area contributed by atoms with E-state index in [4.69, 9.17) is 9.47 Å². The molecule has 0 N–H and O–H groups in total. The molecule has 1 saturated heterocycles. The molecule has 0 aromatic heterocycles. The maximum Gasteiger partial charge on any atom is 0.335 e. The number of carbonyl (C=O) groups is 1. The molecule has 0 spiro atoms. The van der Waals surface area contributed by atoms with Crippen molar-refractivity contribution in [2.75, 3.05) is 6.61 Å². The standard InChI is InChI=1S/C8H12O3/c1-5(2)7(9)11-8-6(3)4-10-8/h6,8H,1,4H2,2-3H3. The van der Waals surface area contributed by atoms with Crippen molar-refractivity contribution in [3.63, 3.8) is 0 Å². The Hall–Kier alpha value is -0.830. The van der Waals surface area contributed by atoms with Crippen molar-refractivity contribution < 1.29 is 14.3 Å². The molecule has 11 heavy (non-hydrogen) atoms. The fraction of sp³-hybridized carbons (Fsp3) is 0.625. The molecule has 3 nitrogen and oxygen atoms in total. The van der Waals surface area contributed by atoms with E-state index in [0.717, 1.165) is 0 Å². The van der Waals surface area contributed by atoms with E-state index in [-0.39, 0.29) is 12.3 Å². The molecule has 2 unspecified atom stereocenters. The Morgan fingerprint density at radius 2 is 2.36 bits per heavy atom. The molecule has 0 aromatic rings. The summed E-state index contributed by atoms with van der Waals surface area (Å²) < 4.78 is 9.88. The second-order valence-electron chi connectivity index (χ2n) is 2.86. The first-order valence-electron chi connectivity index (χ1n) is 3.59. The summed E-state index contributed by atoms with van der Waals surface area (Å²) in [6.07, 6.45) is -0.348. The highest BCUT2D eigenvalue weighted by Crippen LogP contribution is 2.21. The number of rotatable bonds is 2. The van der Waals surface area contributed by atoms with Crippen molar-refractivity contribution in [2.24, 2.45) is 5.92 Å². The third-order valence-electron chi connectivity index (χ3n) is 1.56. The maximum atomic E-state index is 10.9. The molecule has 62 valence electrons. The van der Waals surface area contributed by atoms with Gasteiger partial charge in [0.1, 0.15) is 0 Å². The Labute approximate surface area is 66.0 Å². The van der Waals surface area contributed by atoms with Gasteiger partial charge in [-0.05, 0) is 6.92 Å². The van der Waals surface area contributed by atoms with Crippen molar-refractivity contribution in [3.8, 4) is 0 Å². The van der Waals surface area contributed by atoms with Crippen molar-refractivity contribution in [1.29, 1.82) is 0 Å². The molecule has 1 aliphatic heterocycles. The van der Waals surface area contributed by atoms with E-state index in [0.29, 0.717) is 18.1 Å². The SMILES string of the molecule is C=C(C)C(=O)OC1OCC1C. The fourth-order valence-corrected chi connectivity index (χ4v) is 0.724. The minimum absolute atomic E-state index is 0.318. The molecule has 1 fully saturated rings. The van der Waals surface area contributed by atoms with Gasteiger partial charge in [0, 0.05) is 11.5 Å². The average molecular weight is 156 g/mol. The zero-order valence-electron chi connectivity index (χ0n) is 6.79. The summed E-state index contributed by atoms with van der Waals surface area (Å²) in [5.41, 5.74) is 0.410. The van der Waals surface area contributed by atoms with Crippen LogP contribution in [0.1, 0.15) is 13.8 Å². The van der Waals surface area contributed by atoms with E-state index in [2.05, 4.69) is 6.58 Å². The molecular formula is C8H12O3. The van der Waals surface area contributed by atoms with E-state index < -0.39 is 0 Å². The van der Waals surface area contributed by atoms with Gasteiger partial charge in [-0.1, -0.05) is 13.5 Å². The van der Waals surface area contributed by atoms with Gasteiger partial charge in [0.05, 0.1) is 6.61 Å². The predicted octanol–water partition coefficient (Wildman–Crippen LogP) is 1.10. The molecule has 1 heterocycles. The average Bonchev–Trinajstić information content (AvgIpc) is 1.96. The molecule has 0 saturated carbocycles. The van der Waals surface area contributed by atoms with Crippen LogP contribution in [0.2, 0.25) is 0 Å². The molecule has 0 radical (unpaired) electrons. The van der Waals surface area contributed by atoms with Crippen LogP contribution in [0.25, 0.3) is 0 Å². The van der Waals surface area contributed by atoms with Gasteiger partial charge in [-0.25, -0.2) is 4.79 Å². The lowest BCUT2D eigenvalue weighted by atomic mass is 10.1. The first-order chi connectivity index (χ1) is 5.11. The minimum atomic E-state index is -0.374. The second kappa shape index (κ2) is 3.05. The van der Waals surface area contributed by atoms with Gasteiger partial charge in [0.25, 0.3) is 0 Å². The third-order valence-corrected chi connectivity index (χ3v) is 1.56.